The van der Waals surface area contributed by atoms with Crippen LogP contribution in [0.15, 0.2) is 107 Å². The van der Waals surface area contributed by atoms with Crippen molar-refractivity contribution in [1.29, 1.82) is 5.26 Å². The fourth-order valence-electron chi connectivity index (χ4n) is 3.49. The molecule has 7 heteroatoms. The summed E-state index contributed by atoms with van der Waals surface area (Å²) in [6, 6.07) is 33.8. The van der Waals surface area contributed by atoms with E-state index in [4.69, 9.17) is 16.6 Å². The van der Waals surface area contributed by atoms with Gasteiger partial charge in [0.15, 0.2) is 0 Å². The Bertz CT molecular complexity index is 1290. The quantitative estimate of drug-likeness (QED) is 0.122. The standard InChI is InChI=1S/C26H22N6S/c27-17-22-21(18-10-4-1-5-11-18)16-23(19-12-6-2-7-13-19)30-26(22)33-24(25(28)31-32-29)20-14-8-3-9-15-20/h1-16,24,32H,29H2,(H2,28,31). The zero-order valence-corrected chi connectivity index (χ0v) is 18.5. The second kappa shape index (κ2) is 10.5. The first kappa shape index (κ1) is 22.1. The number of aromatic nitrogens is 1. The zero-order chi connectivity index (χ0) is 23.0. The van der Waals surface area contributed by atoms with Crippen molar-refractivity contribution < 1.29 is 0 Å². The summed E-state index contributed by atoms with van der Waals surface area (Å²) in [6.07, 6.45) is 0. The highest BCUT2D eigenvalue weighted by atomic mass is 32.2. The number of pyridine rings is 1. The van der Waals surface area contributed by atoms with Crippen LogP contribution in [0.5, 0.6) is 0 Å². The minimum Gasteiger partial charge on any atom is -0.384 e. The summed E-state index contributed by atoms with van der Waals surface area (Å²) in [7, 11) is 0. The Kier molecular flexibility index (Phi) is 7.00. The monoisotopic (exact) mass is 450 g/mol. The maximum absolute atomic E-state index is 10.2. The van der Waals surface area contributed by atoms with Gasteiger partial charge in [-0.2, -0.15) is 10.4 Å². The Hall–Kier alpha value is -4.12. The van der Waals surface area contributed by atoms with Gasteiger partial charge in [0.2, 0.25) is 0 Å². The van der Waals surface area contributed by atoms with Gasteiger partial charge in [-0.1, -0.05) is 103 Å². The number of nitrogens with two attached hydrogens (primary N) is 2. The fraction of sp³-hybridized carbons (Fsp3) is 0.0385. The number of thioether (sulfide) groups is 1. The molecule has 1 unspecified atom stereocenters. The summed E-state index contributed by atoms with van der Waals surface area (Å²) in [4.78, 5) is 4.89. The Morgan fingerprint density at radius 1 is 0.909 bits per heavy atom. The molecule has 0 fully saturated rings. The van der Waals surface area contributed by atoms with Crippen molar-refractivity contribution in [3.05, 3.63) is 108 Å². The van der Waals surface area contributed by atoms with E-state index >= 15 is 0 Å². The molecule has 5 N–H and O–H groups in total. The third-order valence-electron chi connectivity index (χ3n) is 5.05. The van der Waals surface area contributed by atoms with Gasteiger partial charge in [-0.05, 0) is 17.2 Å². The zero-order valence-electron chi connectivity index (χ0n) is 17.7. The van der Waals surface area contributed by atoms with Gasteiger partial charge < -0.3 is 5.73 Å². The van der Waals surface area contributed by atoms with E-state index in [-0.39, 0.29) is 5.84 Å². The van der Waals surface area contributed by atoms with E-state index in [1.165, 1.54) is 11.8 Å². The highest BCUT2D eigenvalue weighted by Gasteiger charge is 2.23. The molecule has 33 heavy (non-hydrogen) atoms. The molecule has 0 aliphatic carbocycles. The van der Waals surface area contributed by atoms with Crippen LogP contribution in [0.3, 0.4) is 0 Å². The van der Waals surface area contributed by atoms with Gasteiger partial charge in [0, 0.05) is 11.1 Å². The third kappa shape index (κ3) is 5.04. The van der Waals surface area contributed by atoms with Crippen molar-refractivity contribution in [3.63, 3.8) is 0 Å². The largest absolute Gasteiger partial charge is 0.384 e. The van der Waals surface area contributed by atoms with E-state index in [0.29, 0.717) is 10.6 Å². The molecule has 0 spiro atoms. The van der Waals surface area contributed by atoms with Crippen LogP contribution < -0.4 is 17.1 Å². The molecule has 0 bridgehead atoms. The Morgan fingerprint density at radius 3 is 2.06 bits per heavy atom. The van der Waals surface area contributed by atoms with Crippen molar-refractivity contribution >= 4 is 17.6 Å². The second-order valence-corrected chi connectivity index (χ2v) is 8.25. The lowest BCUT2D eigenvalue weighted by atomic mass is 9.99. The maximum Gasteiger partial charge on any atom is 0.139 e. The van der Waals surface area contributed by atoms with Crippen LogP contribution in [0.25, 0.3) is 22.4 Å². The normalized spacial score (nSPS) is 12.1. The number of nitrogens with zero attached hydrogens (tertiary/aromatic N) is 3. The number of rotatable bonds is 7. The molecule has 162 valence electrons. The molecular weight excluding hydrogens is 428 g/mol. The van der Waals surface area contributed by atoms with E-state index in [1.54, 1.807) is 0 Å². The lowest BCUT2D eigenvalue weighted by Gasteiger charge is -2.19. The number of hydrogen-bond acceptors (Lipinski definition) is 6. The average molecular weight is 451 g/mol. The second-order valence-electron chi connectivity index (χ2n) is 7.15. The Morgan fingerprint density at radius 2 is 1.48 bits per heavy atom. The minimum atomic E-state index is -0.392. The Labute approximate surface area is 196 Å². The summed E-state index contributed by atoms with van der Waals surface area (Å²) >= 11 is 1.37. The van der Waals surface area contributed by atoms with E-state index in [9.17, 15) is 5.26 Å². The van der Waals surface area contributed by atoms with Crippen LogP contribution in [-0.4, -0.2) is 10.8 Å². The summed E-state index contributed by atoms with van der Waals surface area (Å²) in [5.74, 6) is 5.68. The molecule has 1 atom stereocenters. The van der Waals surface area contributed by atoms with E-state index in [2.05, 4.69) is 16.7 Å². The van der Waals surface area contributed by atoms with Crippen molar-refractivity contribution in [1.82, 2.24) is 10.5 Å². The topological polar surface area (TPSA) is 113 Å². The molecule has 0 aliphatic rings. The molecule has 0 radical (unpaired) electrons. The molecular formula is C26H22N6S. The summed E-state index contributed by atoms with van der Waals surface area (Å²) in [5.41, 5.74) is 13.4. The predicted octanol–water partition coefficient (Wildman–Crippen LogP) is 4.86. The molecule has 0 saturated heterocycles. The average Bonchev–Trinajstić information content (AvgIpc) is 2.88. The van der Waals surface area contributed by atoms with E-state index in [0.717, 1.165) is 27.9 Å². The fourth-order valence-corrected chi connectivity index (χ4v) is 4.60. The van der Waals surface area contributed by atoms with Gasteiger partial charge in [0.05, 0.1) is 16.5 Å². The number of hydrazone groups is 1. The lowest BCUT2D eigenvalue weighted by Crippen LogP contribution is -2.26. The van der Waals surface area contributed by atoms with Crippen molar-refractivity contribution in [2.45, 2.75) is 10.3 Å². The first-order chi connectivity index (χ1) is 16.2. The predicted molar refractivity (Wildman–Crippen MR) is 134 cm³/mol. The number of hydrazine groups is 1. The number of hydrogen-bond donors (Lipinski definition) is 3. The van der Waals surface area contributed by atoms with Gasteiger partial charge in [-0.3, -0.25) is 0 Å². The SMILES string of the molecule is N#Cc1c(-c2ccccc2)cc(-c2ccccc2)nc1SC(/C(N)=N/NN)c1ccccc1. The summed E-state index contributed by atoms with van der Waals surface area (Å²) in [5, 5.41) is 14.3. The van der Waals surface area contributed by atoms with Crippen molar-refractivity contribution in [2.75, 3.05) is 0 Å². The summed E-state index contributed by atoms with van der Waals surface area (Å²) in [6.45, 7) is 0. The number of benzene rings is 3. The molecule has 6 nitrogen and oxygen atoms in total. The van der Waals surface area contributed by atoms with Gasteiger partial charge in [-0.25, -0.2) is 16.4 Å². The van der Waals surface area contributed by atoms with Crippen LogP contribution in [0.2, 0.25) is 0 Å². The maximum atomic E-state index is 10.2. The van der Waals surface area contributed by atoms with Crippen molar-refractivity contribution in [2.24, 2.45) is 16.7 Å². The van der Waals surface area contributed by atoms with Crippen LogP contribution in [0.4, 0.5) is 0 Å². The molecule has 4 aromatic rings. The first-order valence-electron chi connectivity index (χ1n) is 10.3. The molecule has 0 aliphatic heterocycles. The van der Waals surface area contributed by atoms with Crippen LogP contribution in [0.1, 0.15) is 16.4 Å². The van der Waals surface area contributed by atoms with E-state index in [1.807, 2.05) is 97.1 Å². The molecule has 4 rings (SSSR count). The van der Waals surface area contributed by atoms with Crippen LogP contribution in [-0.2, 0) is 0 Å². The first-order valence-corrected chi connectivity index (χ1v) is 11.2. The third-order valence-corrected chi connectivity index (χ3v) is 6.31. The minimum absolute atomic E-state index is 0.283. The molecule has 3 aromatic carbocycles. The van der Waals surface area contributed by atoms with Crippen molar-refractivity contribution in [3.8, 4) is 28.5 Å². The molecule has 0 amide bonds. The van der Waals surface area contributed by atoms with Crippen LogP contribution >= 0.6 is 11.8 Å². The summed E-state index contributed by atoms with van der Waals surface area (Å²) < 4.78 is 0. The van der Waals surface area contributed by atoms with Gasteiger partial charge in [0.25, 0.3) is 0 Å². The molecule has 1 heterocycles. The number of amidine groups is 1. The smallest absolute Gasteiger partial charge is 0.139 e. The highest BCUT2D eigenvalue weighted by molar-refractivity contribution is 8.00. The molecule has 0 saturated carbocycles. The lowest BCUT2D eigenvalue weighted by molar-refractivity contribution is 0.798. The van der Waals surface area contributed by atoms with E-state index < -0.39 is 5.25 Å². The Balaban J connectivity index is 1.91. The van der Waals surface area contributed by atoms with Gasteiger partial charge in [0.1, 0.15) is 16.9 Å². The number of nitriles is 1. The molecule has 1 aromatic heterocycles. The van der Waals surface area contributed by atoms with Gasteiger partial charge >= 0.3 is 0 Å². The number of nitrogens with one attached hydrogen (secondary N) is 1. The highest BCUT2D eigenvalue weighted by Crippen LogP contribution is 2.40. The van der Waals surface area contributed by atoms with Gasteiger partial charge in [-0.15, -0.1) is 0 Å². The van der Waals surface area contributed by atoms with Crippen LogP contribution in [0, 0.1) is 11.3 Å².